The second-order valence-electron chi connectivity index (χ2n) is 8.06. The largest absolute Gasteiger partial charge is 0.377 e. The van der Waals surface area contributed by atoms with Gasteiger partial charge in [0.1, 0.15) is 6.73 Å². The summed E-state index contributed by atoms with van der Waals surface area (Å²) in [6, 6.07) is 11.8. The summed E-state index contributed by atoms with van der Waals surface area (Å²) in [5, 5.41) is 3.89. The molecule has 12 heteroatoms. The van der Waals surface area contributed by atoms with Gasteiger partial charge in [0.25, 0.3) is 20.1 Å². The molecule has 36 heavy (non-hydrogen) atoms. The molecule has 0 aliphatic heterocycles. The molecule has 0 saturated carbocycles. The zero-order chi connectivity index (χ0) is 26.5. The molecule has 10 nitrogen and oxygen atoms in total. The minimum Gasteiger partial charge on any atom is -0.377 e. The van der Waals surface area contributed by atoms with E-state index in [4.69, 9.17) is 18.2 Å². The Labute approximate surface area is 211 Å². The van der Waals surface area contributed by atoms with Crippen LogP contribution in [0.25, 0.3) is 11.1 Å². The van der Waals surface area contributed by atoms with Crippen molar-refractivity contribution in [3.63, 3.8) is 0 Å². The van der Waals surface area contributed by atoms with Crippen molar-refractivity contribution in [3.05, 3.63) is 64.8 Å². The number of rotatable bonds is 12. The average Bonchev–Trinajstić information content (AvgIpc) is 3.17. The van der Waals surface area contributed by atoms with Gasteiger partial charge in [-0.05, 0) is 43.5 Å². The normalized spacial score (nSPS) is 12.1. The van der Waals surface area contributed by atoms with Gasteiger partial charge in [0.15, 0.2) is 0 Å². The Bertz CT molecular complexity index is 1420. The number of aromatic nitrogens is 1. The maximum Gasteiger partial charge on any atom is 0.269 e. The Morgan fingerprint density at radius 3 is 2.33 bits per heavy atom. The summed E-state index contributed by atoms with van der Waals surface area (Å²) in [5.41, 5.74) is 3.50. The quantitative estimate of drug-likeness (QED) is 0.250. The van der Waals surface area contributed by atoms with Crippen LogP contribution in [0.4, 0.5) is 5.88 Å². The van der Waals surface area contributed by atoms with E-state index in [0.29, 0.717) is 40.1 Å². The zero-order valence-electron chi connectivity index (χ0n) is 20.8. The lowest BCUT2D eigenvalue weighted by Gasteiger charge is -2.23. The number of aryl methyl sites for hydroxylation is 1. The number of hydrogen-bond acceptors (Lipinski definition) is 9. The molecule has 0 aliphatic carbocycles. The third-order valence-electron chi connectivity index (χ3n) is 5.42. The van der Waals surface area contributed by atoms with Crippen molar-refractivity contribution in [1.82, 2.24) is 5.16 Å². The molecule has 0 fully saturated rings. The van der Waals surface area contributed by atoms with Gasteiger partial charge in [0.05, 0.1) is 30.1 Å². The maximum atomic E-state index is 13.9. The fourth-order valence-electron chi connectivity index (χ4n) is 3.53. The predicted octanol–water partition coefficient (Wildman–Crippen LogP) is 3.77. The highest BCUT2D eigenvalue weighted by molar-refractivity contribution is 7.93. The van der Waals surface area contributed by atoms with Gasteiger partial charge in [-0.3, -0.25) is 4.18 Å². The molecule has 3 rings (SSSR count). The molecule has 2 aromatic carbocycles. The SMILES string of the molecule is CCOCc1cc(COS(C)(=O)=O)ccc1-c1ccccc1S(=O)(=O)N(COC)c1onc(C)c1C. The number of anilines is 1. The Kier molecular flexibility index (Phi) is 8.90. The topological polar surface area (TPSA) is 125 Å². The minimum absolute atomic E-state index is 0.0355. The summed E-state index contributed by atoms with van der Waals surface area (Å²) in [5.74, 6) is 0.0759. The fourth-order valence-corrected chi connectivity index (χ4v) is 5.46. The first kappa shape index (κ1) is 27.8. The molecule has 0 saturated heterocycles. The smallest absolute Gasteiger partial charge is 0.269 e. The lowest BCUT2D eigenvalue weighted by Crippen LogP contribution is -2.33. The third kappa shape index (κ3) is 6.31. The van der Waals surface area contributed by atoms with E-state index < -0.39 is 20.1 Å². The first-order chi connectivity index (χ1) is 17.0. The number of hydrogen-bond donors (Lipinski definition) is 0. The van der Waals surface area contributed by atoms with E-state index in [-0.39, 0.29) is 30.7 Å². The summed E-state index contributed by atoms with van der Waals surface area (Å²) in [7, 11) is -6.38. The summed E-state index contributed by atoms with van der Waals surface area (Å²) < 4.78 is 72.8. The van der Waals surface area contributed by atoms with E-state index in [9.17, 15) is 16.8 Å². The van der Waals surface area contributed by atoms with Crippen LogP contribution in [0.3, 0.4) is 0 Å². The van der Waals surface area contributed by atoms with Crippen molar-refractivity contribution in [2.75, 3.05) is 31.0 Å². The molecule has 0 N–H and O–H groups in total. The lowest BCUT2D eigenvalue weighted by atomic mass is 9.98. The van der Waals surface area contributed by atoms with Gasteiger partial charge in [0.2, 0.25) is 5.88 Å². The molecular formula is C24H30N2O8S2. The fraction of sp³-hybridized carbons (Fsp3) is 0.375. The van der Waals surface area contributed by atoms with Crippen molar-refractivity contribution < 1.29 is 35.0 Å². The van der Waals surface area contributed by atoms with Crippen LogP contribution in [0.1, 0.15) is 29.3 Å². The predicted molar refractivity (Wildman–Crippen MR) is 134 cm³/mol. The van der Waals surface area contributed by atoms with Crippen molar-refractivity contribution in [2.45, 2.75) is 38.9 Å². The van der Waals surface area contributed by atoms with Gasteiger partial charge >= 0.3 is 0 Å². The van der Waals surface area contributed by atoms with Gasteiger partial charge in [-0.25, -0.2) is 12.7 Å². The van der Waals surface area contributed by atoms with Crippen molar-refractivity contribution >= 4 is 26.0 Å². The van der Waals surface area contributed by atoms with E-state index >= 15 is 0 Å². The summed E-state index contributed by atoms with van der Waals surface area (Å²) in [6.45, 7) is 5.50. The van der Waals surface area contributed by atoms with Crippen LogP contribution in [0.15, 0.2) is 51.9 Å². The Hall–Kier alpha value is -2.77. The molecule has 0 amide bonds. The van der Waals surface area contributed by atoms with Gasteiger partial charge < -0.3 is 14.0 Å². The zero-order valence-corrected chi connectivity index (χ0v) is 22.5. The summed E-state index contributed by atoms with van der Waals surface area (Å²) in [6.07, 6.45) is 0.979. The van der Waals surface area contributed by atoms with Crippen LogP contribution >= 0.6 is 0 Å². The number of methoxy groups -OCH3 is 1. The molecule has 1 heterocycles. The third-order valence-corrected chi connectivity index (χ3v) is 7.73. The van der Waals surface area contributed by atoms with Gasteiger partial charge in [-0.15, -0.1) is 0 Å². The average molecular weight is 539 g/mol. The monoisotopic (exact) mass is 538 g/mol. The number of benzene rings is 2. The van der Waals surface area contributed by atoms with E-state index in [1.54, 1.807) is 50.2 Å². The van der Waals surface area contributed by atoms with Crippen molar-refractivity contribution in [2.24, 2.45) is 0 Å². The maximum absolute atomic E-state index is 13.9. The highest BCUT2D eigenvalue weighted by atomic mass is 32.2. The molecule has 0 spiro atoms. The second kappa shape index (κ2) is 11.5. The van der Waals surface area contributed by atoms with E-state index in [2.05, 4.69) is 5.16 Å². The Balaban J connectivity index is 2.14. The molecule has 0 bridgehead atoms. The van der Waals surface area contributed by atoms with E-state index in [1.165, 1.54) is 13.2 Å². The Morgan fingerprint density at radius 2 is 1.72 bits per heavy atom. The summed E-state index contributed by atoms with van der Waals surface area (Å²) >= 11 is 0. The molecular weight excluding hydrogens is 508 g/mol. The second-order valence-corrected chi connectivity index (χ2v) is 11.5. The van der Waals surface area contributed by atoms with E-state index in [0.717, 1.165) is 10.6 Å². The van der Waals surface area contributed by atoms with Gasteiger partial charge in [-0.1, -0.05) is 41.6 Å². The Morgan fingerprint density at radius 1 is 1.00 bits per heavy atom. The molecule has 0 atom stereocenters. The lowest BCUT2D eigenvalue weighted by molar-refractivity contribution is 0.134. The van der Waals surface area contributed by atoms with Crippen molar-refractivity contribution in [3.8, 4) is 11.1 Å². The number of sulfonamides is 1. The minimum atomic E-state index is -4.15. The summed E-state index contributed by atoms with van der Waals surface area (Å²) in [4.78, 5) is 0.0355. The number of nitrogens with zero attached hydrogens (tertiary/aromatic N) is 2. The molecule has 0 unspecified atom stereocenters. The van der Waals surface area contributed by atoms with Crippen LogP contribution in [-0.2, 0) is 47.0 Å². The van der Waals surface area contributed by atoms with Crippen LogP contribution in [0.2, 0.25) is 0 Å². The molecule has 3 aromatic rings. The number of ether oxygens (including phenoxy) is 2. The van der Waals surface area contributed by atoms with Gasteiger partial charge in [0, 0.05) is 24.8 Å². The van der Waals surface area contributed by atoms with Crippen LogP contribution in [0, 0.1) is 13.8 Å². The molecule has 0 aliphatic rings. The molecule has 1 aromatic heterocycles. The standard InChI is InChI=1S/C24H30N2O8S2/c1-6-32-15-20-13-19(14-33-35(5,27)28)11-12-21(20)22-9-7-8-10-23(22)36(29,30)26(16-31-4)24-17(2)18(3)25-34-24/h7-13H,6,14-16H2,1-5H3. The first-order valence-electron chi connectivity index (χ1n) is 11.1. The van der Waals surface area contributed by atoms with E-state index in [1.807, 2.05) is 6.92 Å². The van der Waals surface area contributed by atoms with Crippen molar-refractivity contribution in [1.29, 1.82) is 0 Å². The molecule has 196 valence electrons. The highest BCUT2D eigenvalue weighted by Gasteiger charge is 2.32. The van der Waals surface area contributed by atoms with Crippen LogP contribution in [0.5, 0.6) is 0 Å². The first-order valence-corrected chi connectivity index (χ1v) is 14.3. The van der Waals surface area contributed by atoms with Crippen LogP contribution < -0.4 is 4.31 Å². The molecule has 0 radical (unpaired) electrons. The van der Waals surface area contributed by atoms with Crippen LogP contribution in [-0.4, -0.2) is 48.7 Å². The van der Waals surface area contributed by atoms with Gasteiger partial charge in [-0.2, -0.15) is 8.42 Å². The highest BCUT2D eigenvalue weighted by Crippen LogP contribution is 2.35.